The Morgan fingerprint density at radius 1 is 1.39 bits per heavy atom. The molecule has 94 valence electrons. The summed E-state index contributed by atoms with van der Waals surface area (Å²) >= 11 is 0. The molecule has 2 heterocycles. The molecule has 7 heteroatoms. The fourth-order valence-electron chi connectivity index (χ4n) is 1.69. The van der Waals surface area contributed by atoms with Gasteiger partial charge in [0, 0.05) is 18.2 Å². The number of hydrogen-bond acceptors (Lipinski definition) is 6. The van der Waals surface area contributed by atoms with Gasteiger partial charge in [-0.15, -0.1) is 0 Å². The molecule has 0 aliphatic heterocycles. The van der Waals surface area contributed by atoms with E-state index >= 15 is 0 Å². The number of hydrogen-bond donors (Lipinski definition) is 3. The molecule has 4 N–H and O–H groups in total. The molecule has 1 aliphatic carbocycles. The van der Waals surface area contributed by atoms with Gasteiger partial charge in [0.2, 0.25) is 0 Å². The van der Waals surface area contributed by atoms with Gasteiger partial charge >= 0.3 is 0 Å². The standard InChI is InChI=1S/C11H14N6O/c12-9-3-8(5-18)16-17(9)11-4-10(13-6-14-11)15-7-1-2-7/h3-4,6-7,18H,1-2,5,12H2,(H,13,14,15). The van der Waals surface area contributed by atoms with E-state index in [1.807, 2.05) is 0 Å². The van der Waals surface area contributed by atoms with Crippen LogP contribution in [0.3, 0.4) is 0 Å². The van der Waals surface area contributed by atoms with Crippen molar-refractivity contribution in [1.29, 1.82) is 0 Å². The molecule has 1 saturated carbocycles. The van der Waals surface area contributed by atoms with Gasteiger partial charge in [-0.2, -0.15) is 9.78 Å². The van der Waals surface area contributed by atoms with Gasteiger partial charge in [-0.3, -0.25) is 0 Å². The van der Waals surface area contributed by atoms with Crippen LogP contribution >= 0.6 is 0 Å². The van der Waals surface area contributed by atoms with Crippen molar-refractivity contribution in [3.05, 3.63) is 24.2 Å². The quantitative estimate of drug-likeness (QED) is 0.717. The predicted molar refractivity (Wildman–Crippen MR) is 66.1 cm³/mol. The molecule has 0 radical (unpaired) electrons. The van der Waals surface area contributed by atoms with Crippen molar-refractivity contribution >= 4 is 11.6 Å². The third-order valence-electron chi connectivity index (χ3n) is 2.75. The van der Waals surface area contributed by atoms with Gasteiger partial charge < -0.3 is 16.2 Å². The highest BCUT2D eigenvalue weighted by molar-refractivity contribution is 5.46. The Hall–Kier alpha value is -2.15. The molecule has 0 aromatic carbocycles. The Bertz CT molecular complexity index is 562. The van der Waals surface area contributed by atoms with Gasteiger partial charge in [0.05, 0.1) is 12.3 Å². The van der Waals surface area contributed by atoms with E-state index in [2.05, 4.69) is 20.4 Å². The molecule has 3 rings (SSSR count). The van der Waals surface area contributed by atoms with Crippen molar-refractivity contribution in [1.82, 2.24) is 19.7 Å². The summed E-state index contributed by atoms with van der Waals surface area (Å²) in [6.07, 6.45) is 3.83. The summed E-state index contributed by atoms with van der Waals surface area (Å²) in [5, 5.41) is 16.5. The molecule has 2 aromatic rings. The van der Waals surface area contributed by atoms with E-state index in [0.717, 1.165) is 5.82 Å². The van der Waals surface area contributed by atoms with E-state index in [1.54, 1.807) is 12.1 Å². The lowest BCUT2D eigenvalue weighted by Gasteiger charge is -2.06. The first-order chi connectivity index (χ1) is 8.76. The van der Waals surface area contributed by atoms with Crippen molar-refractivity contribution in [2.24, 2.45) is 0 Å². The summed E-state index contributed by atoms with van der Waals surface area (Å²) < 4.78 is 1.49. The molecular weight excluding hydrogens is 232 g/mol. The SMILES string of the molecule is Nc1cc(CO)nn1-c1cc(NC2CC2)ncn1. The minimum atomic E-state index is -0.143. The van der Waals surface area contributed by atoms with Gasteiger partial charge in [0.1, 0.15) is 18.0 Å². The average Bonchev–Trinajstić information content (AvgIpc) is 3.10. The second-order valence-electron chi connectivity index (χ2n) is 4.31. The maximum atomic E-state index is 9.03. The fraction of sp³-hybridized carbons (Fsp3) is 0.364. The second kappa shape index (κ2) is 4.26. The largest absolute Gasteiger partial charge is 0.390 e. The molecular formula is C11H14N6O. The number of rotatable bonds is 4. The monoisotopic (exact) mass is 246 g/mol. The number of nitrogens with one attached hydrogen (secondary N) is 1. The van der Waals surface area contributed by atoms with Crippen LogP contribution in [-0.4, -0.2) is 30.9 Å². The molecule has 1 aliphatic rings. The van der Waals surface area contributed by atoms with Crippen LogP contribution in [0.2, 0.25) is 0 Å². The lowest BCUT2D eigenvalue weighted by molar-refractivity contribution is 0.276. The van der Waals surface area contributed by atoms with E-state index in [4.69, 9.17) is 10.8 Å². The van der Waals surface area contributed by atoms with Gasteiger partial charge in [0.25, 0.3) is 0 Å². The third-order valence-corrected chi connectivity index (χ3v) is 2.75. The second-order valence-corrected chi connectivity index (χ2v) is 4.31. The predicted octanol–water partition coefficient (Wildman–Crippen LogP) is 0.311. The van der Waals surface area contributed by atoms with Crippen LogP contribution in [-0.2, 0) is 6.61 Å². The zero-order valence-electron chi connectivity index (χ0n) is 9.74. The van der Waals surface area contributed by atoms with E-state index < -0.39 is 0 Å². The Kier molecular flexibility index (Phi) is 2.60. The number of nitrogens with two attached hydrogens (primary N) is 1. The van der Waals surface area contributed by atoms with Crippen LogP contribution in [0, 0.1) is 0 Å². The van der Waals surface area contributed by atoms with Crippen LogP contribution in [0.15, 0.2) is 18.5 Å². The summed E-state index contributed by atoms with van der Waals surface area (Å²) in [5.41, 5.74) is 6.34. The molecule has 0 atom stereocenters. The number of anilines is 2. The number of nitrogens with zero attached hydrogens (tertiary/aromatic N) is 4. The molecule has 1 fully saturated rings. The summed E-state index contributed by atoms with van der Waals surface area (Å²) in [5.74, 6) is 1.79. The number of aliphatic hydroxyl groups excluding tert-OH is 1. The number of nitrogen functional groups attached to an aromatic ring is 1. The molecule has 0 saturated heterocycles. The van der Waals surface area contributed by atoms with Gasteiger partial charge in [-0.25, -0.2) is 9.97 Å². The molecule has 0 spiro atoms. The first-order valence-electron chi connectivity index (χ1n) is 5.80. The van der Waals surface area contributed by atoms with Crippen molar-refractivity contribution in [2.45, 2.75) is 25.5 Å². The maximum absolute atomic E-state index is 9.03. The molecule has 2 aromatic heterocycles. The zero-order valence-corrected chi connectivity index (χ0v) is 9.74. The first-order valence-corrected chi connectivity index (χ1v) is 5.80. The van der Waals surface area contributed by atoms with Crippen LogP contribution in [0.25, 0.3) is 5.82 Å². The Morgan fingerprint density at radius 3 is 2.89 bits per heavy atom. The third kappa shape index (κ3) is 2.12. The summed E-state index contributed by atoms with van der Waals surface area (Å²) in [6.45, 7) is -0.143. The highest BCUT2D eigenvalue weighted by Crippen LogP contribution is 2.24. The molecule has 0 amide bonds. The topological polar surface area (TPSA) is 102 Å². The van der Waals surface area contributed by atoms with Crippen LogP contribution < -0.4 is 11.1 Å². The van der Waals surface area contributed by atoms with E-state index in [0.29, 0.717) is 23.4 Å². The van der Waals surface area contributed by atoms with E-state index in [1.165, 1.54) is 23.9 Å². The maximum Gasteiger partial charge on any atom is 0.161 e. The Morgan fingerprint density at radius 2 is 2.22 bits per heavy atom. The minimum Gasteiger partial charge on any atom is -0.390 e. The van der Waals surface area contributed by atoms with Crippen molar-refractivity contribution in [2.75, 3.05) is 11.1 Å². The summed E-state index contributed by atoms with van der Waals surface area (Å²) in [4.78, 5) is 8.28. The highest BCUT2D eigenvalue weighted by Gasteiger charge is 2.21. The zero-order chi connectivity index (χ0) is 12.5. The van der Waals surface area contributed by atoms with Crippen molar-refractivity contribution in [3.63, 3.8) is 0 Å². The first kappa shape index (κ1) is 11.0. The van der Waals surface area contributed by atoms with Gasteiger partial charge in [-0.1, -0.05) is 0 Å². The smallest absolute Gasteiger partial charge is 0.161 e. The van der Waals surface area contributed by atoms with E-state index in [9.17, 15) is 0 Å². The summed E-state index contributed by atoms with van der Waals surface area (Å²) in [7, 11) is 0. The number of aromatic nitrogens is 4. The van der Waals surface area contributed by atoms with Gasteiger partial charge in [0.15, 0.2) is 5.82 Å². The molecule has 18 heavy (non-hydrogen) atoms. The van der Waals surface area contributed by atoms with Crippen molar-refractivity contribution < 1.29 is 5.11 Å². The Balaban J connectivity index is 1.91. The van der Waals surface area contributed by atoms with Crippen molar-refractivity contribution in [3.8, 4) is 5.82 Å². The van der Waals surface area contributed by atoms with E-state index in [-0.39, 0.29) is 6.61 Å². The minimum absolute atomic E-state index is 0.143. The fourth-order valence-corrected chi connectivity index (χ4v) is 1.69. The molecule has 0 unspecified atom stereocenters. The lowest BCUT2D eigenvalue weighted by atomic mass is 10.4. The average molecular weight is 246 g/mol. The number of aliphatic hydroxyl groups is 1. The summed E-state index contributed by atoms with van der Waals surface area (Å²) in [6, 6.07) is 3.94. The highest BCUT2D eigenvalue weighted by atomic mass is 16.3. The Labute approximate surface area is 104 Å². The molecule has 0 bridgehead atoms. The lowest BCUT2D eigenvalue weighted by Crippen LogP contribution is -2.08. The van der Waals surface area contributed by atoms with Crippen LogP contribution in [0.4, 0.5) is 11.6 Å². The van der Waals surface area contributed by atoms with Crippen LogP contribution in [0.5, 0.6) is 0 Å². The van der Waals surface area contributed by atoms with Gasteiger partial charge in [-0.05, 0) is 12.8 Å². The van der Waals surface area contributed by atoms with Crippen LogP contribution in [0.1, 0.15) is 18.5 Å². The normalized spacial score (nSPS) is 14.7. The molecule has 7 nitrogen and oxygen atoms in total.